The molecule has 1 nitrogen and oxygen atoms in total. The van der Waals surface area contributed by atoms with E-state index in [2.05, 4.69) is 47.6 Å². The van der Waals surface area contributed by atoms with Crippen molar-refractivity contribution in [2.24, 2.45) is 11.7 Å². The van der Waals surface area contributed by atoms with E-state index in [9.17, 15) is 0 Å². The maximum absolute atomic E-state index is 5.69. The Kier molecular flexibility index (Phi) is 5.40. The van der Waals surface area contributed by atoms with Gasteiger partial charge in [-0.15, -0.1) is 0 Å². The van der Waals surface area contributed by atoms with Crippen LogP contribution in [-0.2, 0) is 0 Å². The molecule has 0 bridgehead atoms. The van der Waals surface area contributed by atoms with E-state index in [1.807, 2.05) is 0 Å². The lowest BCUT2D eigenvalue weighted by Gasteiger charge is -2.27. The highest BCUT2D eigenvalue weighted by atomic mass is 14.5. The third kappa shape index (κ3) is 3.14. The third-order valence-electron chi connectivity index (χ3n) is 4.32. The van der Waals surface area contributed by atoms with Gasteiger partial charge in [0, 0.05) is 0 Å². The van der Waals surface area contributed by atoms with Crippen molar-refractivity contribution in [1.29, 1.82) is 0 Å². The van der Waals surface area contributed by atoms with Gasteiger partial charge in [-0.25, -0.2) is 0 Å². The molecular formula is C17H29N. The molecule has 1 heteroatoms. The summed E-state index contributed by atoms with van der Waals surface area (Å²) in [5.41, 5.74) is 13.1. The van der Waals surface area contributed by atoms with Crippen LogP contribution in [-0.4, -0.2) is 6.54 Å². The first-order valence-electron chi connectivity index (χ1n) is 7.17. The molecule has 1 aromatic carbocycles. The number of hydrogen-bond donors (Lipinski definition) is 1. The van der Waals surface area contributed by atoms with Gasteiger partial charge in [0.2, 0.25) is 0 Å². The van der Waals surface area contributed by atoms with Crippen molar-refractivity contribution >= 4 is 0 Å². The fourth-order valence-corrected chi connectivity index (χ4v) is 2.95. The molecule has 0 aromatic heterocycles. The SMILES string of the molecule is Cc1cc(C)c(C)c(C(CCCN)C(C)C)c1C. The van der Waals surface area contributed by atoms with Crippen LogP contribution >= 0.6 is 0 Å². The summed E-state index contributed by atoms with van der Waals surface area (Å²) in [6, 6.07) is 2.31. The van der Waals surface area contributed by atoms with E-state index in [-0.39, 0.29) is 0 Å². The Bertz CT molecular complexity index is 378. The van der Waals surface area contributed by atoms with Crippen LogP contribution in [0.4, 0.5) is 0 Å². The summed E-state index contributed by atoms with van der Waals surface area (Å²) in [6.07, 6.45) is 2.33. The maximum Gasteiger partial charge on any atom is -0.00771 e. The Hall–Kier alpha value is -0.820. The molecule has 0 saturated carbocycles. The highest BCUT2D eigenvalue weighted by molar-refractivity contribution is 5.46. The van der Waals surface area contributed by atoms with E-state index in [4.69, 9.17) is 5.73 Å². The van der Waals surface area contributed by atoms with Gasteiger partial charge in [0.1, 0.15) is 0 Å². The van der Waals surface area contributed by atoms with Crippen LogP contribution in [0.15, 0.2) is 6.07 Å². The lowest BCUT2D eigenvalue weighted by atomic mass is 9.78. The minimum absolute atomic E-state index is 0.646. The average molecular weight is 247 g/mol. The second-order valence-corrected chi connectivity index (χ2v) is 5.96. The van der Waals surface area contributed by atoms with E-state index in [1.165, 1.54) is 28.7 Å². The summed E-state index contributed by atoms with van der Waals surface area (Å²) >= 11 is 0. The summed E-state index contributed by atoms with van der Waals surface area (Å²) in [6.45, 7) is 14.5. The molecule has 0 fully saturated rings. The van der Waals surface area contributed by atoms with Crippen LogP contribution in [0.1, 0.15) is 60.4 Å². The molecule has 1 rings (SSSR count). The van der Waals surface area contributed by atoms with Gasteiger partial charge in [-0.05, 0) is 86.7 Å². The molecular weight excluding hydrogens is 218 g/mol. The Morgan fingerprint density at radius 1 is 1.00 bits per heavy atom. The number of hydrogen-bond acceptors (Lipinski definition) is 1. The first kappa shape index (κ1) is 15.2. The molecule has 2 N–H and O–H groups in total. The second kappa shape index (κ2) is 6.38. The van der Waals surface area contributed by atoms with E-state index in [1.54, 1.807) is 5.56 Å². The molecule has 0 aliphatic heterocycles. The minimum Gasteiger partial charge on any atom is -0.330 e. The van der Waals surface area contributed by atoms with Crippen molar-refractivity contribution in [3.05, 3.63) is 33.9 Å². The lowest BCUT2D eigenvalue weighted by Crippen LogP contribution is -2.14. The highest BCUT2D eigenvalue weighted by Crippen LogP contribution is 2.36. The topological polar surface area (TPSA) is 26.0 Å². The zero-order chi connectivity index (χ0) is 13.9. The molecule has 0 amide bonds. The molecule has 0 saturated heterocycles. The number of nitrogens with two attached hydrogens (primary N) is 1. The minimum atomic E-state index is 0.646. The van der Waals surface area contributed by atoms with Crippen molar-refractivity contribution in [3.8, 4) is 0 Å². The first-order valence-corrected chi connectivity index (χ1v) is 7.17. The highest BCUT2D eigenvalue weighted by Gasteiger charge is 2.21. The Morgan fingerprint density at radius 2 is 1.50 bits per heavy atom. The maximum atomic E-state index is 5.69. The lowest BCUT2D eigenvalue weighted by molar-refractivity contribution is 0.454. The number of benzene rings is 1. The Labute approximate surface area is 113 Å². The molecule has 102 valence electrons. The average Bonchev–Trinajstić information content (AvgIpc) is 2.30. The molecule has 0 aliphatic rings. The monoisotopic (exact) mass is 247 g/mol. The summed E-state index contributed by atoms with van der Waals surface area (Å²) in [5.74, 6) is 1.32. The van der Waals surface area contributed by atoms with Gasteiger partial charge in [-0.3, -0.25) is 0 Å². The zero-order valence-electron chi connectivity index (χ0n) is 12.9. The van der Waals surface area contributed by atoms with Crippen molar-refractivity contribution in [2.45, 2.75) is 60.3 Å². The van der Waals surface area contributed by atoms with E-state index >= 15 is 0 Å². The van der Waals surface area contributed by atoms with E-state index in [0.29, 0.717) is 11.8 Å². The van der Waals surface area contributed by atoms with Crippen LogP contribution in [0.5, 0.6) is 0 Å². The van der Waals surface area contributed by atoms with Crippen LogP contribution in [0, 0.1) is 33.6 Å². The molecule has 0 spiro atoms. The predicted octanol–water partition coefficient (Wildman–Crippen LogP) is 4.40. The van der Waals surface area contributed by atoms with E-state index in [0.717, 1.165) is 13.0 Å². The predicted molar refractivity (Wildman–Crippen MR) is 81.3 cm³/mol. The summed E-state index contributed by atoms with van der Waals surface area (Å²) < 4.78 is 0. The summed E-state index contributed by atoms with van der Waals surface area (Å²) in [7, 11) is 0. The third-order valence-corrected chi connectivity index (χ3v) is 4.32. The molecule has 0 radical (unpaired) electrons. The van der Waals surface area contributed by atoms with Gasteiger partial charge in [0.25, 0.3) is 0 Å². The Balaban J connectivity index is 3.26. The number of rotatable bonds is 5. The van der Waals surface area contributed by atoms with Gasteiger partial charge in [0.15, 0.2) is 0 Å². The molecule has 0 heterocycles. The largest absolute Gasteiger partial charge is 0.330 e. The number of aryl methyl sites for hydroxylation is 2. The standard InChI is InChI=1S/C17H29N/c1-11(2)16(8-7-9-18)17-14(5)12(3)10-13(4)15(17)6/h10-11,16H,7-9,18H2,1-6H3. The zero-order valence-corrected chi connectivity index (χ0v) is 12.9. The Morgan fingerprint density at radius 3 is 1.89 bits per heavy atom. The molecule has 1 aromatic rings. The van der Waals surface area contributed by atoms with Gasteiger partial charge < -0.3 is 5.73 Å². The first-order chi connectivity index (χ1) is 8.40. The van der Waals surface area contributed by atoms with Crippen LogP contribution in [0.25, 0.3) is 0 Å². The summed E-state index contributed by atoms with van der Waals surface area (Å²) in [4.78, 5) is 0. The molecule has 0 aliphatic carbocycles. The smallest absolute Gasteiger partial charge is 0.00771 e. The van der Waals surface area contributed by atoms with Gasteiger partial charge in [-0.1, -0.05) is 19.9 Å². The normalized spacial score (nSPS) is 13.1. The van der Waals surface area contributed by atoms with Crippen LogP contribution in [0.2, 0.25) is 0 Å². The van der Waals surface area contributed by atoms with Crippen molar-refractivity contribution in [1.82, 2.24) is 0 Å². The second-order valence-electron chi connectivity index (χ2n) is 5.96. The summed E-state index contributed by atoms with van der Waals surface area (Å²) in [5, 5.41) is 0. The fraction of sp³-hybridized carbons (Fsp3) is 0.647. The molecule has 1 unspecified atom stereocenters. The van der Waals surface area contributed by atoms with Crippen LogP contribution < -0.4 is 5.73 Å². The van der Waals surface area contributed by atoms with Crippen LogP contribution in [0.3, 0.4) is 0 Å². The van der Waals surface area contributed by atoms with Gasteiger partial charge in [-0.2, -0.15) is 0 Å². The van der Waals surface area contributed by atoms with Crippen molar-refractivity contribution in [2.75, 3.05) is 6.54 Å². The quantitative estimate of drug-likeness (QED) is 0.820. The fourth-order valence-electron chi connectivity index (χ4n) is 2.95. The van der Waals surface area contributed by atoms with Gasteiger partial charge >= 0.3 is 0 Å². The molecule has 1 atom stereocenters. The van der Waals surface area contributed by atoms with E-state index < -0.39 is 0 Å². The van der Waals surface area contributed by atoms with Crippen molar-refractivity contribution < 1.29 is 0 Å². The molecule has 18 heavy (non-hydrogen) atoms. The van der Waals surface area contributed by atoms with Gasteiger partial charge in [0.05, 0.1) is 0 Å². The van der Waals surface area contributed by atoms with Crippen molar-refractivity contribution in [3.63, 3.8) is 0 Å².